The summed E-state index contributed by atoms with van der Waals surface area (Å²) in [7, 11) is 0. The van der Waals surface area contributed by atoms with Gasteiger partial charge < -0.3 is 11.5 Å². The second kappa shape index (κ2) is 2.41. The van der Waals surface area contributed by atoms with Crippen LogP contribution >= 0.6 is 11.8 Å². The Morgan fingerprint density at radius 1 is 1.55 bits per heavy atom. The second-order valence-corrected chi connectivity index (χ2v) is 3.92. The fourth-order valence-electron chi connectivity index (χ4n) is 0.887. The van der Waals surface area contributed by atoms with Crippen LogP contribution in [0.1, 0.15) is 6.92 Å². The third-order valence-corrected chi connectivity index (χ3v) is 3.31. The van der Waals surface area contributed by atoms with Gasteiger partial charge in [-0.25, -0.2) is 0 Å². The lowest BCUT2D eigenvalue weighted by Crippen LogP contribution is -2.56. The Bertz CT molecular complexity index is 219. The van der Waals surface area contributed by atoms with E-state index in [1.165, 1.54) is 11.8 Å². The smallest absolute Gasteiger partial charge is 0.234 e. The van der Waals surface area contributed by atoms with Crippen LogP contribution in [-0.2, 0) is 9.59 Å². The Morgan fingerprint density at radius 2 is 2.09 bits per heavy atom. The summed E-state index contributed by atoms with van der Waals surface area (Å²) < 4.78 is -0.841. The maximum atomic E-state index is 10.8. The highest BCUT2D eigenvalue weighted by atomic mass is 32.2. The lowest BCUT2D eigenvalue weighted by Gasteiger charge is -2.40. The quantitative estimate of drug-likeness (QED) is 0.563. The van der Waals surface area contributed by atoms with E-state index < -0.39 is 16.6 Å². The van der Waals surface area contributed by atoms with Crippen LogP contribution in [0.5, 0.6) is 0 Å². The molecule has 1 heterocycles. The molecule has 1 saturated heterocycles. The first kappa shape index (κ1) is 8.39. The van der Waals surface area contributed by atoms with Crippen molar-refractivity contribution in [3.05, 3.63) is 5.92 Å². The van der Waals surface area contributed by atoms with Gasteiger partial charge in [0.1, 0.15) is 4.75 Å². The number of hydrogen-bond acceptors (Lipinski definition) is 3. The van der Waals surface area contributed by atoms with Gasteiger partial charge in [0.05, 0.1) is 5.92 Å². The molecule has 1 rings (SSSR count). The zero-order valence-corrected chi connectivity index (χ0v) is 6.90. The first-order valence-corrected chi connectivity index (χ1v) is 4.07. The molecule has 1 aliphatic heterocycles. The zero-order chi connectivity index (χ0) is 8.65. The third-order valence-electron chi connectivity index (χ3n) is 1.85. The van der Waals surface area contributed by atoms with Crippen LogP contribution < -0.4 is 11.5 Å². The number of nitrogens with two attached hydrogens (primary N) is 2. The summed E-state index contributed by atoms with van der Waals surface area (Å²) >= 11 is 1.34. The van der Waals surface area contributed by atoms with Gasteiger partial charge >= 0.3 is 0 Å². The van der Waals surface area contributed by atoms with Crippen molar-refractivity contribution in [3.8, 4) is 0 Å². The molecule has 1 unspecified atom stereocenters. The van der Waals surface area contributed by atoms with E-state index in [1.807, 2.05) is 0 Å². The highest BCUT2D eigenvalue weighted by molar-refractivity contribution is 8.03. The summed E-state index contributed by atoms with van der Waals surface area (Å²) in [5.41, 5.74) is 10.1. The lowest BCUT2D eigenvalue weighted by atomic mass is 9.92. The molecule has 0 saturated carbocycles. The third kappa shape index (κ3) is 1.09. The van der Waals surface area contributed by atoms with Crippen LogP contribution in [0.3, 0.4) is 0 Å². The molecule has 2 amide bonds. The van der Waals surface area contributed by atoms with Gasteiger partial charge in [-0.3, -0.25) is 9.59 Å². The van der Waals surface area contributed by atoms with Crippen molar-refractivity contribution in [2.45, 2.75) is 11.7 Å². The van der Waals surface area contributed by atoms with E-state index in [0.717, 1.165) is 0 Å². The molecule has 4 N–H and O–H groups in total. The molecule has 0 bridgehead atoms. The van der Waals surface area contributed by atoms with Gasteiger partial charge in [-0.05, 0) is 6.92 Å². The fourth-order valence-corrected chi connectivity index (χ4v) is 1.99. The highest BCUT2D eigenvalue weighted by Crippen LogP contribution is 2.46. The second-order valence-electron chi connectivity index (χ2n) is 2.53. The summed E-state index contributed by atoms with van der Waals surface area (Å²) in [5, 5.41) is 0. The molecule has 1 fully saturated rings. The molecule has 1 aliphatic rings. The molecule has 61 valence electrons. The highest BCUT2D eigenvalue weighted by Gasteiger charge is 2.52. The molecule has 1 atom stereocenters. The maximum absolute atomic E-state index is 10.8. The summed E-state index contributed by atoms with van der Waals surface area (Å²) in [4.78, 5) is 21.5. The van der Waals surface area contributed by atoms with Crippen LogP contribution in [0.4, 0.5) is 0 Å². The van der Waals surface area contributed by atoms with Crippen molar-refractivity contribution >= 4 is 23.6 Å². The predicted octanol–water partition coefficient (Wildman–Crippen LogP) is -0.963. The van der Waals surface area contributed by atoms with Crippen molar-refractivity contribution < 1.29 is 9.59 Å². The van der Waals surface area contributed by atoms with Gasteiger partial charge in [0.15, 0.2) is 0 Å². The Labute approximate surface area is 68.7 Å². The molecular formula is C6H9N2O2S. The Kier molecular flexibility index (Phi) is 1.83. The van der Waals surface area contributed by atoms with Gasteiger partial charge in [0.25, 0.3) is 0 Å². The number of primary amides is 2. The molecule has 1 radical (unpaired) electrons. The number of amides is 2. The number of carbonyl (C=O) groups is 2. The molecule has 0 aromatic heterocycles. The lowest BCUT2D eigenvalue weighted by molar-refractivity contribution is -0.123. The average Bonchev–Trinajstić information content (AvgIpc) is 1.82. The van der Waals surface area contributed by atoms with Gasteiger partial charge in [-0.2, -0.15) is 0 Å². The minimum absolute atomic E-state index is 0.426. The fraction of sp³-hybridized carbons (Fsp3) is 0.500. The van der Waals surface area contributed by atoms with E-state index in [9.17, 15) is 9.59 Å². The van der Waals surface area contributed by atoms with Crippen molar-refractivity contribution in [3.63, 3.8) is 0 Å². The monoisotopic (exact) mass is 173 g/mol. The maximum Gasteiger partial charge on any atom is 0.234 e. The van der Waals surface area contributed by atoms with Gasteiger partial charge in [0, 0.05) is 5.75 Å². The van der Waals surface area contributed by atoms with Crippen molar-refractivity contribution in [1.82, 2.24) is 0 Å². The predicted molar refractivity (Wildman–Crippen MR) is 42.5 cm³/mol. The van der Waals surface area contributed by atoms with Crippen LogP contribution in [0.2, 0.25) is 0 Å². The first-order chi connectivity index (χ1) is 4.98. The molecule has 0 aliphatic carbocycles. The summed E-state index contributed by atoms with van der Waals surface area (Å²) in [6, 6.07) is 0. The Balaban J connectivity index is 2.75. The summed E-state index contributed by atoms with van der Waals surface area (Å²) in [6.45, 7) is 1.61. The van der Waals surface area contributed by atoms with E-state index >= 15 is 0 Å². The normalized spacial score (nSPS) is 31.0. The molecular weight excluding hydrogens is 164 g/mol. The molecule has 0 aromatic rings. The van der Waals surface area contributed by atoms with Crippen molar-refractivity contribution in [2.24, 2.45) is 11.5 Å². The Hall–Kier alpha value is -0.710. The number of rotatable bonds is 2. The van der Waals surface area contributed by atoms with E-state index in [1.54, 1.807) is 6.92 Å². The first-order valence-electron chi connectivity index (χ1n) is 3.08. The van der Waals surface area contributed by atoms with Crippen LogP contribution in [-0.4, -0.2) is 22.3 Å². The molecule has 0 aromatic carbocycles. The number of thioether (sulfide) groups is 1. The average molecular weight is 173 g/mol. The number of carbonyl (C=O) groups excluding carboxylic acids is 2. The van der Waals surface area contributed by atoms with E-state index in [2.05, 4.69) is 0 Å². The van der Waals surface area contributed by atoms with Crippen molar-refractivity contribution in [2.75, 3.05) is 5.75 Å². The van der Waals surface area contributed by atoms with Gasteiger partial charge in [-0.15, -0.1) is 11.8 Å². The molecule has 4 nitrogen and oxygen atoms in total. The molecule has 0 spiro atoms. The van der Waals surface area contributed by atoms with Gasteiger partial charge in [0.2, 0.25) is 11.8 Å². The van der Waals surface area contributed by atoms with Crippen LogP contribution in [0.25, 0.3) is 0 Å². The Morgan fingerprint density at radius 3 is 2.18 bits per heavy atom. The minimum Gasteiger partial charge on any atom is -0.369 e. The SMILES string of the molecule is CC1(C(N)=O)SC[C]1C(N)=O. The van der Waals surface area contributed by atoms with Crippen molar-refractivity contribution in [1.29, 1.82) is 0 Å². The molecule has 5 heteroatoms. The summed E-state index contributed by atoms with van der Waals surface area (Å²) in [5.74, 6) is -0.0722. The minimum atomic E-state index is -0.841. The van der Waals surface area contributed by atoms with Gasteiger partial charge in [-0.1, -0.05) is 0 Å². The van der Waals surface area contributed by atoms with Crippen LogP contribution in [0.15, 0.2) is 0 Å². The summed E-state index contributed by atoms with van der Waals surface area (Å²) in [6.07, 6.45) is 0. The largest absolute Gasteiger partial charge is 0.369 e. The van der Waals surface area contributed by atoms with E-state index in [0.29, 0.717) is 11.7 Å². The topological polar surface area (TPSA) is 86.2 Å². The molecule has 11 heavy (non-hydrogen) atoms. The standard InChI is InChI=1S/C6H9N2O2S/c1-6(5(8)10)3(2-11-6)4(7)9/h2H2,1H3,(H2,7,9)(H2,8,10). The zero-order valence-electron chi connectivity index (χ0n) is 6.09. The van der Waals surface area contributed by atoms with E-state index in [-0.39, 0.29) is 0 Å². The van der Waals surface area contributed by atoms with Crippen LogP contribution in [0, 0.1) is 5.92 Å². The number of hydrogen-bond donors (Lipinski definition) is 2. The van der Waals surface area contributed by atoms with E-state index in [4.69, 9.17) is 11.5 Å².